The first-order chi connectivity index (χ1) is 18.6. The molecule has 3 aromatic rings. The summed E-state index contributed by atoms with van der Waals surface area (Å²) in [6, 6.07) is 2.69. The van der Waals surface area contributed by atoms with Crippen molar-refractivity contribution in [2.45, 2.75) is 57.3 Å². The summed E-state index contributed by atoms with van der Waals surface area (Å²) in [4.78, 5) is 60.8. The van der Waals surface area contributed by atoms with Gasteiger partial charge in [-0.1, -0.05) is 38.5 Å². The number of rotatable bonds is 14. The number of nitrogens with one attached hydrogen (secondary N) is 5. The van der Waals surface area contributed by atoms with Crippen LogP contribution < -0.4 is 21.7 Å². The summed E-state index contributed by atoms with van der Waals surface area (Å²) >= 11 is 0. The third-order valence-electron chi connectivity index (χ3n) is 6.65. The van der Waals surface area contributed by atoms with Crippen molar-refractivity contribution in [3.63, 3.8) is 0 Å². The molecular weight excluding hydrogens is 506 g/mol. The third-order valence-corrected chi connectivity index (χ3v) is 6.65. The standard InChI is InChI=1S/C26H35N7O6/c1-3-14(2)22(33-23(35)18(27)9-16-11-28-13-30-16)25(37)31-20(24(36)32-21(12-34)26(38)39)8-15-10-29-19-7-5-4-6-17(15)19/h4-7,10-11,13-14,18,20-22,29,34H,3,8-9,12,27H2,1-2H3,(H,28,30)(H,31,37)(H,32,36)(H,33,35)(H,38,39). The van der Waals surface area contributed by atoms with Crippen molar-refractivity contribution in [1.29, 1.82) is 0 Å². The lowest BCUT2D eigenvalue weighted by Gasteiger charge is -2.28. The lowest BCUT2D eigenvalue weighted by atomic mass is 9.96. The van der Waals surface area contributed by atoms with E-state index in [1.807, 2.05) is 31.2 Å². The lowest BCUT2D eigenvalue weighted by molar-refractivity contribution is -0.143. The normalized spacial score (nSPS) is 15.1. The van der Waals surface area contributed by atoms with Gasteiger partial charge in [-0.25, -0.2) is 9.78 Å². The molecule has 5 atom stereocenters. The maximum absolute atomic E-state index is 13.5. The number of nitrogens with two attached hydrogens (primary N) is 1. The number of H-pyrrole nitrogens is 2. The number of carbonyl (C=O) groups excluding carboxylic acids is 3. The maximum Gasteiger partial charge on any atom is 0.328 e. The Kier molecular flexibility index (Phi) is 10.2. The molecule has 0 saturated carbocycles. The highest BCUT2D eigenvalue weighted by Gasteiger charge is 2.33. The Morgan fingerprint density at radius 2 is 1.72 bits per heavy atom. The Bertz CT molecular complexity index is 1270. The van der Waals surface area contributed by atoms with E-state index in [4.69, 9.17) is 5.73 Å². The molecular formula is C26H35N7O6. The van der Waals surface area contributed by atoms with Crippen molar-refractivity contribution in [3.8, 4) is 0 Å². The number of hydrogen-bond donors (Lipinski definition) is 8. The molecule has 3 amide bonds. The van der Waals surface area contributed by atoms with Crippen LogP contribution in [0.4, 0.5) is 0 Å². The van der Waals surface area contributed by atoms with Crippen LogP contribution in [0.1, 0.15) is 31.5 Å². The number of carboxylic acids is 1. The van der Waals surface area contributed by atoms with Gasteiger partial charge < -0.3 is 41.9 Å². The van der Waals surface area contributed by atoms with Gasteiger partial charge in [-0.05, 0) is 17.5 Å². The highest BCUT2D eigenvalue weighted by Crippen LogP contribution is 2.19. The van der Waals surface area contributed by atoms with E-state index in [2.05, 4.69) is 30.9 Å². The molecule has 9 N–H and O–H groups in total. The number of carboxylic acid groups (broad SMARTS) is 1. The van der Waals surface area contributed by atoms with Gasteiger partial charge in [-0.3, -0.25) is 14.4 Å². The summed E-state index contributed by atoms with van der Waals surface area (Å²) in [5, 5.41) is 27.2. The second-order valence-electron chi connectivity index (χ2n) is 9.47. The summed E-state index contributed by atoms with van der Waals surface area (Å²) in [6.45, 7) is 2.82. The predicted molar refractivity (Wildman–Crippen MR) is 142 cm³/mol. The van der Waals surface area contributed by atoms with Gasteiger partial charge in [0.25, 0.3) is 0 Å². The minimum absolute atomic E-state index is 0.0276. The number of aliphatic hydroxyl groups excluding tert-OH is 1. The van der Waals surface area contributed by atoms with Crippen LogP contribution in [0.3, 0.4) is 0 Å². The van der Waals surface area contributed by atoms with E-state index in [9.17, 15) is 29.4 Å². The molecule has 210 valence electrons. The zero-order valence-electron chi connectivity index (χ0n) is 21.8. The minimum atomic E-state index is -1.55. The van der Waals surface area contributed by atoms with Gasteiger partial charge in [0, 0.05) is 41.8 Å². The molecule has 0 aliphatic heterocycles. The number of hydrogen-bond acceptors (Lipinski definition) is 7. The number of aromatic amines is 2. The van der Waals surface area contributed by atoms with Gasteiger partial charge >= 0.3 is 5.97 Å². The zero-order valence-corrected chi connectivity index (χ0v) is 21.8. The average molecular weight is 542 g/mol. The Morgan fingerprint density at radius 3 is 2.36 bits per heavy atom. The largest absolute Gasteiger partial charge is 0.480 e. The zero-order chi connectivity index (χ0) is 28.5. The third kappa shape index (κ3) is 7.65. The first-order valence-electron chi connectivity index (χ1n) is 12.7. The monoisotopic (exact) mass is 541 g/mol. The molecule has 2 aromatic heterocycles. The van der Waals surface area contributed by atoms with Gasteiger partial charge in [0.05, 0.1) is 19.0 Å². The first-order valence-corrected chi connectivity index (χ1v) is 12.7. The molecule has 0 aliphatic carbocycles. The number of nitrogens with zero attached hydrogens (tertiary/aromatic N) is 1. The summed E-state index contributed by atoms with van der Waals surface area (Å²) in [5.74, 6) is -3.69. The quantitative estimate of drug-likeness (QED) is 0.134. The minimum Gasteiger partial charge on any atom is -0.480 e. The molecule has 0 radical (unpaired) electrons. The van der Waals surface area contributed by atoms with E-state index in [1.165, 1.54) is 6.33 Å². The molecule has 0 fully saturated rings. The summed E-state index contributed by atoms with van der Waals surface area (Å²) in [5.41, 5.74) is 8.25. The number of benzene rings is 1. The Hall–Kier alpha value is -4.23. The number of carbonyl (C=O) groups is 4. The van der Waals surface area contributed by atoms with E-state index >= 15 is 0 Å². The highest BCUT2D eigenvalue weighted by molar-refractivity contribution is 5.95. The number of amides is 3. The molecule has 0 bridgehead atoms. The fourth-order valence-electron chi connectivity index (χ4n) is 4.14. The summed E-state index contributed by atoms with van der Waals surface area (Å²) in [6.07, 6.45) is 5.49. The fraction of sp³-hybridized carbons (Fsp3) is 0.423. The number of aliphatic carboxylic acids is 1. The molecule has 0 saturated heterocycles. The van der Waals surface area contributed by atoms with Crippen molar-refractivity contribution in [1.82, 2.24) is 30.9 Å². The maximum atomic E-state index is 13.5. The van der Waals surface area contributed by atoms with E-state index in [0.717, 1.165) is 10.9 Å². The van der Waals surface area contributed by atoms with Crippen molar-refractivity contribution < 1.29 is 29.4 Å². The van der Waals surface area contributed by atoms with Crippen LogP contribution in [0.25, 0.3) is 10.9 Å². The molecule has 39 heavy (non-hydrogen) atoms. The van der Waals surface area contributed by atoms with Crippen LogP contribution >= 0.6 is 0 Å². The predicted octanol–water partition coefficient (Wildman–Crippen LogP) is -0.419. The second kappa shape index (κ2) is 13.5. The Labute approximate surface area is 225 Å². The van der Waals surface area contributed by atoms with Gasteiger partial charge in [0.1, 0.15) is 18.1 Å². The molecule has 0 spiro atoms. The van der Waals surface area contributed by atoms with Gasteiger partial charge in [-0.15, -0.1) is 0 Å². The number of aromatic nitrogens is 3. The Balaban J connectivity index is 1.81. The van der Waals surface area contributed by atoms with Gasteiger partial charge in [0.2, 0.25) is 17.7 Å². The summed E-state index contributed by atoms with van der Waals surface area (Å²) < 4.78 is 0. The number of para-hydroxylation sites is 1. The van der Waals surface area contributed by atoms with Crippen LogP contribution in [0, 0.1) is 5.92 Å². The topological polar surface area (TPSA) is 215 Å². The molecule has 3 rings (SSSR count). The smallest absolute Gasteiger partial charge is 0.328 e. The molecule has 0 aliphatic rings. The van der Waals surface area contributed by atoms with E-state index in [1.54, 1.807) is 19.3 Å². The van der Waals surface area contributed by atoms with Crippen LogP contribution in [-0.4, -0.2) is 79.6 Å². The van der Waals surface area contributed by atoms with E-state index in [0.29, 0.717) is 17.7 Å². The molecule has 13 nitrogen and oxygen atoms in total. The molecule has 1 aromatic carbocycles. The number of fused-ring (bicyclic) bond motifs is 1. The van der Waals surface area contributed by atoms with Crippen molar-refractivity contribution in [2.24, 2.45) is 11.7 Å². The van der Waals surface area contributed by atoms with Crippen LogP contribution in [0.15, 0.2) is 43.0 Å². The SMILES string of the molecule is CCC(C)C(NC(=O)C(N)Cc1cnc[nH]1)C(=O)NC(Cc1c[nH]c2ccccc12)C(=O)NC(CO)C(=O)O. The van der Waals surface area contributed by atoms with Gasteiger partial charge in [0.15, 0.2) is 0 Å². The van der Waals surface area contributed by atoms with Gasteiger partial charge in [-0.2, -0.15) is 0 Å². The summed E-state index contributed by atoms with van der Waals surface area (Å²) in [7, 11) is 0. The first kappa shape index (κ1) is 29.3. The average Bonchev–Trinajstić information content (AvgIpc) is 3.59. The van der Waals surface area contributed by atoms with Crippen LogP contribution in [-0.2, 0) is 32.0 Å². The lowest BCUT2D eigenvalue weighted by Crippen LogP contribution is -2.59. The fourth-order valence-corrected chi connectivity index (χ4v) is 4.14. The number of aliphatic hydroxyl groups is 1. The molecule has 13 heteroatoms. The van der Waals surface area contributed by atoms with Crippen LogP contribution in [0.5, 0.6) is 0 Å². The van der Waals surface area contributed by atoms with Crippen molar-refractivity contribution in [2.75, 3.05) is 6.61 Å². The Morgan fingerprint density at radius 1 is 1.00 bits per heavy atom. The highest BCUT2D eigenvalue weighted by atomic mass is 16.4. The molecule has 2 heterocycles. The molecule has 5 unspecified atom stereocenters. The van der Waals surface area contributed by atoms with Crippen molar-refractivity contribution in [3.05, 3.63) is 54.2 Å². The number of imidazole rings is 1. The van der Waals surface area contributed by atoms with Crippen LogP contribution in [0.2, 0.25) is 0 Å². The van der Waals surface area contributed by atoms with E-state index < -0.39 is 54.5 Å². The van der Waals surface area contributed by atoms with E-state index in [-0.39, 0.29) is 18.8 Å². The second-order valence-corrected chi connectivity index (χ2v) is 9.47. The van der Waals surface area contributed by atoms with Crippen molar-refractivity contribution >= 4 is 34.6 Å².